The van der Waals surface area contributed by atoms with Crippen LogP contribution in [0.25, 0.3) is 10.8 Å². The third kappa shape index (κ3) is 5.19. The molecule has 31 heavy (non-hydrogen) atoms. The van der Waals surface area contributed by atoms with Crippen molar-refractivity contribution in [3.63, 3.8) is 0 Å². The van der Waals surface area contributed by atoms with Crippen molar-refractivity contribution in [1.82, 2.24) is 4.90 Å². The van der Waals surface area contributed by atoms with Crippen LogP contribution in [0, 0.1) is 23.2 Å². The van der Waals surface area contributed by atoms with E-state index in [-0.39, 0.29) is 12.0 Å². The van der Waals surface area contributed by atoms with E-state index in [1.54, 1.807) is 0 Å². The summed E-state index contributed by atoms with van der Waals surface area (Å²) < 4.78 is 6.28. The highest BCUT2D eigenvalue weighted by Gasteiger charge is 2.24. The second kappa shape index (κ2) is 9.70. The highest BCUT2D eigenvalue weighted by molar-refractivity contribution is 5.90. The molecule has 0 atom stereocenters. The average Bonchev–Trinajstić information content (AvgIpc) is 2.79. The van der Waals surface area contributed by atoms with Crippen molar-refractivity contribution in [2.24, 2.45) is 11.8 Å². The molecule has 1 saturated carbocycles. The van der Waals surface area contributed by atoms with Gasteiger partial charge in [0.25, 0.3) is 0 Å². The van der Waals surface area contributed by atoms with Crippen LogP contribution in [0.5, 0.6) is 5.75 Å². The van der Waals surface area contributed by atoms with Crippen LogP contribution in [0.4, 0.5) is 0 Å². The Bertz CT molecular complexity index is 965. The van der Waals surface area contributed by atoms with Crippen molar-refractivity contribution in [2.75, 3.05) is 19.6 Å². The van der Waals surface area contributed by atoms with Crippen LogP contribution in [0.2, 0.25) is 0 Å². The molecule has 0 radical (unpaired) electrons. The van der Waals surface area contributed by atoms with E-state index in [1.165, 1.54) is 18.4 Å². The number of benzene rings is 2. The minimum Gasteiger partial charge on any atom is -0.489 e. The van der Waals surface area contributed by atoms with Crippen LogP contribution in [-0.2, 0) is 11.2 Å². The van der Waals surface area contributed by atoms with Gasteiger partial charge >= 0.3 is 5.97 Å². The van der Waals surface area contributed by atoms with Crippen LogP contribution in [-0.4, -0.2) is 41.7 Å². The molecule has 164 valence electrons. The number of nitrogens with zero attached hydrogens (tertiary/aromatic N) is 2. The molecule has 0 aromatic heterocycles. The van der Waals surface area contributed by atoms with Gasteiger partial charge in [-0.05, 0) is 87.0 Å². The first-order valence-corrected chi connectivity index (χ1v) is 11.6. The van der Waals surface area contributed by atoms with Gasteiger partial charge in [-0.1, -0.05) is 25.1 Å². The Hall–Kier alpha value is -2.58. The van der Waals surface area contributed by atoms with Gasteiger partial charge in [-0.2, -0.15) is 5.26 Å². The third-order valence-corrected chi connectivity index (χ3v) is 7.07. The zero-order valence-corrected chi connectivity index (χ0v) is 18.3. The normalized spacial score (nSPS) is 22.8. The molecule has 1 aliphatic heterocycles. The maximum Gasteiger partial charge on any atom is 0.306 e. The highest BCUT2D eigenvalue weighted by atomic mass is 16.5. The van der Waals surface area contributed by atoms with Crippen LogP contribution >= 0.6 is 0 Å². The Labute approximate surface area is 184 Å². The maximum atomic E-state index is 11.1. The van der Waals surface area contributed by atoms with Gasteiger partial charge in [0.05, 0.1) is 12.0 Å². The fraction of sp³-hybridized carbons (Fsp3) is 0.538. The Morgan fingerprint density at radius 1 is 1.13 bits per heavy atom. The number of aliphatic carboxylic acids is 1. The summed E-state index contributed by atoms with van der Waals surface area (Å²) in [5, 5.41) is 21.1. The van der Waals surface area contributed by atoms with Crippen LogP contribution in [0.1, 0.15) is 56.6 Å². The predicted octanol–water partition coefficient (Wildman–Crippen LogP) is 5.01. The van der Waals surface area contributed by atoms with E-state index in [9.17, 15) is 10.1 Å². The molecule has 5 nitrogen and oxygen atoms in total. The second-order valence-corrected chi connectivity index (χ2v) is 9.31. The third-order valence-electron chi connectivity index (χ3n) is 7.07. The zero-order valence-electron chi connectivity index (χ0n) is 18.3. The van der Waals surface area contributed by atoms with Crippen molar-refractivity contribution in [1.29, 1.82) is 5.26 Å². The summed E-state index contributed by atoms with van der Waals surface area (Å²) in [6.45, 7) is 4.89. The molecule has 1 N–H and O–H groups in total. The number of rotatable bonds is 6. The lowest BCUT2D eigenvalue weighted by molar-refractivity contribution is -0.143. The molecular weight excluding hydrogens is 388 g/mol. The fourth-order valence-corrected chi connectivity index (χ4v) is 4.93. The van der Waals surface area contributed by atoms with E-state index < -0.39 is 5.97 Å². The van der Waals surface area contributed by atoms with Gasteiger partial charge in [0.15, 0.2) is 0 Å². The van der Waals surface area contributed by atoms with Crippen LogP contribution < -0.4 is 4.74 Å². The molecule has 2 aromatic carbocycles. The van der Waals surface area contributed by atoms with Gasteiger partial charge in [0, 0.05) is 11.9 Å². The molecular formula is C26H32N2O3. The van der Waals surface area contributed by atoms with Crippen molar-refractivity contribution in [3.05, 3.63) is 41.5 Å². The van der Waals surface area contributed by atoms with Crippen LogP contribution in [0.15, 0.2) is 30.3 Å². The van der Waals surface area contributed by atoms with Gasteiger partial charge in [-0.15, -0.1) is 0 Å². The standard InChI is InChI=1S/C26H32N2O3/c1-18-2-7-22(8-3-18)31-25-9-6-20-5-4-19(16-23(20)24(25)17-27)10-13-28-14-11-21(12-15-28)26(29)30/h4-6,9,16,18,21-22H,2-3,7-8,10-15H2,1H3,(H,29,30). The van der Waals surface area contributed by atoms with Gasteiger partial charge in [0.1, 0.15) is 17.4 Å². The number of piperidine rings is 1. The molecule has 2 fully saturated rings. The lowest BCUT2D eigenvalue weighted by atomic mass is 9.89. The zero-order chi connectivity index (χ0) is 21.8. The molecule has 2 aromatic rings. The maximum absolute atomic E-state index is 11.1. The molecule has 0 unspecified atom stereocenters. The van der Waals surface area contributed by atoms with Crippen LogP contribution in [0.3, 0.4) is 0 Å². The number of likely N-dealkylation sites (tertiary alicyclic amines) is 1. The van der Waals surface area contributed by atoms with Crippen molar-refractivity contribution in [3.8, 4) is 11.8 Å². The summed E-state index contributed by atoms with van der Waals surface area (Å²) in [4.78, 5) is 13.5. The monoisotopic (exact) mass is 420 g/mol. The SMILES string of the molecule is CC1CCC(Oc2ccc3ccc(CCN4CCC(C(=O)O)CC4)cc3c2C#N)CC1. The summed E-state index contributed by atoms with van der Waals surface area (Å²) in [6, 6.07) is 12.8. The lowest BCUT2D eigenvalue weighted by Crippen LogP contribution is -2.37. The minimum atomic E-state index is -0.668. The quantitative estimate of drug-likeness (QED) is 0.711. The minimum absolute atomic E-state index is 0.194. The van der Waals surface area contributed by atoms with Gasteiger partial charge < -0.3 is 14.7 Å². The molecule has 1 heterocycles. The van der Waals surface area contributed by atoms with Gasteiger partial charge in [-0.3, -0.25) is 4.79 Å². The number of ether oxygens (including phenoxy) is 1. The molecule has 0 amide bonds. The van der Waals surface area contributed by atoms with Crippen molar-refractivity contribution in [2.45, 2.75) is 58.0 Å². The summed E-state index contributed by atoms with van der Waals surface area (Å²) in [5.74, 6) is 0.617. The molecule has 1 saturated heterocycles. The van der Waals surface area contributed by atoms with Crippen molar-refractivity contribution >= 4 is 16.7 Å². The van der Waals surface area contributed by atoms with E-state index in [0.717, 1.165) is 68.4 Å². The molecule has 0 spiro atoms. The first-order valence-electron chi connectivity index (χ1n) is 11.6. The molecule has 2 aliphatic rings. The number of carbonyl (C=O) groups is 1. The summed E-state index contributed by atoms with van der Waals surface area (Å²) in [5.41, 5.74) is 1.84. The Morgan fingerprint density at radius 3 is 2.52 bits per heavy atom. The van der Waals surface area contributed by atoms with E-state index in [0.29, 0.717) is 11.3 Å². The lowest BCUT2D eigenvalue weighted by Gasteiger charge is -2.30. The van der Waals surface area contributed by atoms with E-state index in [1.807, 2.05) is 6.07 Å². The average molecular weight is 421 g/mol. The summed E-state index contributed by atoms with van der Waals surface area (Å²) >= 11 is 0. The van der Waals surface area contributed by atoms with Crippen molar-refractivity contribution < 1.29 is 14.6 Å². The summed E-state index contributed by atoms with van der Waals surface area (Å²) in [7, 11) is 0. The van der Waals surface area contributed by atoms with E-state index >= 15 is 0 Å². The smallest absolute Gasteiger partial charge is 0.306 e. The number of fused-ring (bicyclic) bond motifs is 1. The first kappa shape index (κ1) is 21.6. The topological polar surface area (TPSA) is 73.6 Å². The predicted molar refractivity (Wildman–Crippen MR) is 121 cm³/mol. The Morgan fingerprint density at radius 2 is 1.84 bits per heavy atom. The van der Waals surface area contributed by atoms with Gasteiger partial charge in [0.2, 0.25) is 0 Å². The summed E-state index contributed by atoms with van der Waals surface area (Å²) in [6.07, 6.45) is 7.05. The Balaban J connectivity index is 1.45. The number of carboxylic acid groups (broad SMARTS) is 1. The number of hydrogen-bond donors (Lipinski definition) is 1. The van der Waals surface area contributed by atoms with Gasteiger partial charge in [-0.25, -0.2) is 0 Å². The molecule has 5 heteroatoms. The fourth-order valence-electron chi connectivity index (χ4n) is 4.93. The number of hydrogen-bond acceptors (Lipinski definition) is 4. The Kier molecular flexibility index (Phi) is 6.77. The number of nitriles is 1. The molecule has 4 rings (SSSR count). The molecule has 1 aliphatic carbocycles. The molecule has 0 bridgehead atoms. The first-order chi connectivity index (χ1) is 15.0. The number of carboxylic acids is 1. The van der Waals surface area contributed by atoms with E-state index in [4.69, 9.17) is 9.84 Å². The highest BCUT2D eigenvalue weighted by Crippen LogP contribution is 2.32. The van der Waals surface area contributed by atoms with E-state index in [2.05, 4.69) is 42.2 Å². The largest absolute Gasteiger partial charge is 0.489 e. The second-order valence-electron chi connectivity index (χ2n) is 9.31.